The van der Waals surface area contributed by atoms with Crippen LogP contribution in [0.15, 0.2) is 46.0 Å². The Kier molecular flexibility index (Phi) is 4.93. The van der Waals surface area contributed by atoms with Crippen molar-refractivity contribution in [2.24, 2.45) is 0 Å². The van der Waals surface area contributed by atoms with Crippen LogP contribution < -0.4 is 10.0 Å². The Bertz CT molecular complexity index is 634. The van der Waals surface area contributed by atoms with Crippen LogP contribution in [0.25, 0.3) is 0 Å². The highest BCUT2D eigenvalue weighted by Gasteiger charge is 2.18. The van der Waals surface area contributed by atoms with Gasteiger partial charge in [-0.1, -0.05) is 12.1 Å². The van der Waals surface area contributed by atoms with Gasteiger partial charge in [0.15, 0.2) is 0 Å². The summed E-state index contributed by atoms with van der Waals surface area (Å²) in [5.41, 5.74) is 2.03. The quantitative estimate of drug-likeness (QED) is 0.862. The Balaban J connectivity index is 2.13. The van der Waals surface area contributed by atoms with E-state index >= 15 is 0 Å². The normalized spacial score (nSPS) is 13.3. The van der Waals surface area contributed by atoms with Gasteiger partial charge in [-0.3, -0.25) is 0 Å². The molecule has 4 nitrogen and oxygen atoms in total. The van der Waals surface area contributed by atoms with Gasteiger partial charge in [0.1, 0.15) is 0 Å². The maximum Gasteiger partial charge on any atom is 0.241 e. The van der Waals surface area contributed by atoms with Crippen molar-refractivity contribution in [1.29, 1.82) is 0 Å². The molecule has 0 saturated carbocycles. The summed E-state index contributed by atoms with van der Waals surface area (Å²) in [5.74, 6) is 0. The molecule has 0 bridgehead atoms. The standard InChI is InChI=1S/C14H18N2O2S2/c1-11(13-7-8-19-10-13)16-20(17,18)14-5-3-12(4-6-14)9-15-2/h3-8,10-11,15-16H,9H2,1-2H3. The molecule has 6 heteroatoms. The first kappa shape index (κ1) is 15.2. The van der Waals surface area contributed by atoms with E-state index in [4.69, 9.17) is 0 Å². The summed E-state index contributed by atoms with van der Waals surface area (Å²) in [4.78, 5) is 0.291. The highest BCUT2D eigenvalue weighted by atomic mass is 32.2. The monoisotopic (exact) mass is 310 g/mol. The molecule has 0 radical (unpaired) electrons. The third-order valence-electron chi connectivity index (χ3n) is 2.99. The molecule has 2 N–H and O–H groups in total. The molecule has 1 heterocycles. The molecule has 20 heavy (non-hydrogen) atoms. The van der Waals surface area contributed by atoms with Gasteiger partial charge in [0.2, 0.25) is 10.0 Å². The first-order chi connectivity index (χ1) is 9.53. The summed E-state index contributed by atoms with van der Waals surface area (Å²) in [7, 11) is -1.63. The van der Waals surface area contributed by atoms with Crippen LogP contribution >= 0.6 is 11.3 Å². The lowest BCUT2D eigenvalue weighted by Crippen LogP contribution is -2.26. The third-order valence-corrected chi connectivity index (χ3v) is 5.25. The van der Waals surface area contributed by atoms with Gasteiger partial charge in [-0.25, -0.2) is 13.1 Å². The van der Waals surface area contributed by atoms with E-state index in [1.807, 2.05) is 42.9 Å². The van der Waals surface area contributed by atoms with E-state index in [1.165, 1.54) is 0 Å². The molecule has 0 aliphatic heterocycles. The minimum atomic E-state index is -3.48. The predicted molar refractivity (Wildman–Crippen MR) is 82.3 cm³/mol. The predicted octanol–water partition coefficient (Wildman–Crippen LogP) is 2.51. The van der Waals surface area contributed by atoms with Crippen LogP contribution in [0.3, 0.4) is 0 Å². The molecule has 2 aromatic rings. The van der Waals surface area contributed by atoms with Crippen molar-refractivity contribution in [3.8, 4) is 0 Å². The molecule has 0 fully saturated rings. The fourth-order valence-electron chi connectivity index (χ4n) is 1.88. The second-order valence-electron chi connectivity index (χ2n) is 4.57. The molecule has 2 rings (SSSR count). The van der Waals surface area contributed by atoms with Gasteiger partial charge in [0.05, 0.1) is 4.90 Å². The molecular formula is C14H18N2O2S2. The number of sulfonamides is 1. The van der Waals surface area contributed by atoms with E-state index < -0.39 is 10.0 Å². The third kappa shape index (κ3) is 3.67. The van der Waals surface area contributed by atoms with Crippen LogP contribution in [0.1, 0.15) is 24.1 Å². The van der Waals surface area contributed by atoms with E-state index in [-0.39, 0.29) is 6.04 Å². The van der Waals surface area contributed by atoms with Gasteiger partial charge in [-0.05, 0) is 54.1 Å². The van der Waals surface area contributed by atoms with E-state index in [0.29, 0.717) is 4.90 Å². The largest absolute Gasteiger partial charge is 0.316 e. The topological polar surface area (TPSA) is 58.2 Å². The van der Waals surface area contributed by atoms with Crippen molar-refractivity contribution < 1.29 is 8.42 Å². The first-order valence-electron chi connectivity index (χ1n) is 6.31. The summed E-state index contributed by atoms with van der Waals surface area (Å²) in [5, 5.41) is 6.91. The number of rotatable bonds is 6. The molecule has 1 aromatic carbocycles. The first-order valence-corrected chi connectivity index (χ1v) is 8.73. The average Bonchev–Trinajstić information content (AvgIpc) is 2.93. The lowest BCUT2D eigenvalue weighted by molar-refractivity contribution is 0.567. The van der Waals surface area contributed by atoms with Crippen molar-refractivity contribution in [2.45, 2.75) is 24.4 Å². The maximum absolute atomic E-state index is 12.3. The van der Waals surface area contributed by atoms with Gasteiger partial charge < -0.3 is 5.32 Å². The summed E-state index contributed by atoms with van der Waals surface area (Å²) < 4.78 is 27.3. The smallest absolute Gasteiger partial charge is 0.241 e. The van der Waals surface area contributed by atoms with Crippen LogP contribution in [0.5, 0.6) is 0 Å². The second-order valence-corrected chi connectivity index (χ2v) is 7.07. The van der Waals surface area contributed by atoms with Crippen molar-refractivity contribution in [1.82, 2.24) is 10.0 Å². The summed E-state index contributed by atoms with van der Waals surface area (Å²) in [6.07, 6.45) is 0. The van der Waals surface area contributed by atoms with Crippen LogP contribution in [0.4, 0.5) is 0 Å². The Morgan fingerprint density at radius 3 is 2.45 bits per heavy atom. The minimum absolute atomic E-state index is 0.233. The summed E-state index contributed by atoms with van der Waals surface area (Å²) in [6.45, 7) is 2.56. The van der Waals surface area contributed by atoms with E-state index in [2.05, 4.69) is 10.0 Å². The van der Waals surface area contributed by atoms with Crippen LogP contribution in [-0.4, -0.2) is 15.5 Å². The number of hydrogen-bond donors (Lipinski definition) is 2. The van der Waals surface area contributed by atoms with Crippen molar-refractivity contribution in [3.63, 3.8) is 0 Å². The van der Waals surface area contributed by atoms with Crippen LogP contribution in [-0.2, 0) is 16.6 Å². The molecule has 0 spiro atoms. The zero-order chi connectivity index (χ0) is 14.6. The number of hydrogen-bond acceptors (Lipinski definition) is 4. The minimum Gasteiger partial charge on any atom is -0.316 e. The van der Waals surface area contributed by atoms with Crippen LogP contribution in [0, 0.1) is 0 Å². The van der Waals surface area contributed by atoms with E-state index in [9.17, 15) is 8.42 Å². The Hall–Kier alpha value is -1.21. The Morgan fingerprint density at radius 1 is 1.20 bits per heavy atom. The maximum atomic E-state index is 12.3. The SMILES string of the molecule is CNCc1ccc(S(=O)(=O)NC(C)c2ccsc2)cc1. The number of nitrogens with one attached hydrogen (secondary N) is 2. The summed E-state index contributed by atoms with van der Waals surface area (Å²) in [6, 6.07) is 8.60. The molecule has 0 aliphatic carbocycles. The van der Waals surface area contributed by atoms with Crippen molar-refractivity contribution in [3.05, 3.63) is 52.2 Å². The van der Waals surface area contributed by atoms with E-state index in [0.717, 1.165) is 17.7 Å². The molecule has 0 aliphatic rings. The van der Waals surface area contributed by atoms with Gasteiger partial charge in [0, 0.05) is 12.6 Å². The fraction of sp³-hybridized carbons (Fsp3) is 0.286. The van der Waals surface area contributed by atoms with Crippen molar-refractivity contribution >= 4 is 21.4 Å². The summed E-state index contributed by atoms with van der Waals surface area (Å²) >= 11 is 1.56. The molecular weight excluding hydrogens is 292 g/mol. The molecule has 108 valence electrons. The lowest BCUT2D eigenvalue weighted by Gasteiger charge is -2.13. The lowest BCUT2D eigenvalue weighted by atomic mass is 10.2. The number of thiophene rings is 1. The Morgan fingerprint density at radius 2 is 1.90 bits per heavy atom. The molecule has 0 amide bonds. The molecule has 0 saturated heterocycles. The zero-order valence-electron chi connectivity index (χ0n) is 11.5. The second kappa shape index (κ2) is 6.49. The van der Waals surface area contributed by atoms with Gasteiger partial charge in [-0.15, -0.1) is 0 Å². The van der Waals surface area contributed by atoms with Gasteiger partial charge in [0.25, 0.3) is 0 Å². The van der Waals surface area contributed by atoms with Gasteiger partial charge >= 0.3 is 0 Å². The highest BCUT2D eigenvalue weighted by molar-refractivity contribution is 7.89. The molecule has 1 atom stereocenters. The molecule has 1 aromatic heterocycles. The van der Waals surface area contributed by atoms with Crippen molar-refractivity contribution in [2.75, 3.05) is 7.05 Å². The number of benzene rings is 1. The fourth-order valence-corrected chi connectivity index (χ4v) is 3.87. The highest BCUT2D eigenvalue weighted by Crippen LogP contribution is 2.19. The average molecular weight is 310 g/mol. The van der Waals surface area contributed by atoms with Crippen LogP contribution in [0.2, 0.25) is 0 Å². The van der Waals surface area contributed by atoms with E-state index in [1.54, 1.807) is 23.5 Å². The molecule has 1 unspecified atom stereocenters. The Labute approximate surface area is 123 Å². The van der Waals surface area contributed by atoms with Gasteiger partial charge in [-0.2, -0.15) is 11.3 Å². The zero-order valence-corrected chi connectivity index (χ0v) is 13.1.